The largest absolute Gasteiger partial charge is 0.368 e. The van der Waals surface area contributed by atoms with E-state index in [0.29, 0.717) is 18.5 Å². The number of rotatable bonds is 7. The SMILES string of the molecule is CCN(CC(N)=O)c1ncc(CNC(C)C)cn1. The number of carbonyl (C=O) groups is 1. The Balaban J connectivity index is 2.65. The minimum Gasteiger partial charge on any atom is -0.368 e. The molecule has 0 atom stereocenters. The van der Waals surface area contributed by atoms with E-state index in [-0.39, 0.29) is 12.5 Å². The quantitative estimate of drug-likeness (QED) is 0.727. The Morgan fingerprint density at radius 1 is 1.44 bits per heavy atom. The van der Waals surface area contributed by atoms with Crippen molar-refractivity contribution in [1.29, 1.82) is 0 Å². The second-order valence-corrected chi connectivity index (χ2v) is 4.41. The monoisotopic (exact) mass is 251 g/mol. The zero-order valence-corrected chi connectivity index (χ0v) is 11.2. The number of nitrogens with one attached hydrogen (secondary N) is 1. The lowest BCUT2D eigenvalue weighted by atomic mass is 10.3. The Kier molecular flexibility index (Phi) is 5.51. The van der Waals surface area contributed by atoms with Crippen molar-refractivity contribution in [3.8, 4) is 0 Å². The normalized spacial score (nSPS) is 10.7. The van der Waals surface area contributed by atoms with Crippen LogP contribution in [0.2, 0.25) is 0 Å². The molecule has 18 heavy (non-hydrogen) atoms. The Morgan fingerprint density at radius 2 is 2.06 bits per heavy atom. The highest BCUT2D eigenvalue weighted by atomic mass is 16.1. The number of nitrogens with two attached hydrogens (primary N) is 1. The average molecular weight is 251 g/mol. The van der Waals surface area contributed by atoms with E-state index in [1.165, 1.54) is 0 Å². The lowest BCUT2D eigenvalue weighted by molar-refractivity contribution is -0.116. The Labute approximate surface area is 108 Å². The van der Waals surface area contributed by atoms with Crippen molar-refractivity contribution in [1.82, 2.24) is 15.3 Å². The van der Waals surface area contributed by atoms with Crippen LogP contribution in [0.1, 0.15) is 26.3 Å². The highest BCUT2D eigenvalue weighted by Crippen LogP contribution is 2.06. The molecular formula is C12H21N5O. The van der Waals surface area contributed by atoms with Gasteiger partial charge in [0.05, 0.1) is 6.54 Å². The number of amides is 1. The number of carbonyl (C=O) groups excluding carboxylic acids is 1. The smallest absolute Gasteiger partial charge is 0.237 e. The molecule has 3 N–H and O–H groups in total. The van der Waals surface area contributed by atoms with Gasteiger partial charge in [-0.15, -0.1) is 0 Å². The predicted molar refractivity (Wildman–Crippen MR) is 71.1 cm³/mol. The molecule has 1 aromatic heterocycles. The molecule has 100 valence electrons. The number of hydrogen-bond donors (Lipinski definition) is 2. The van der Waals surface area contributed by atoms with Crippen LogP contribution in [0.4, 0.5) is 5.95 Å². The van der Waals surface area contributed by atoms with Crippen molar-refractivity contribution in [2.75, 3.05) is 18.0 Å². The highest BCUT2D eigenvalue weighted by Gasteiger charge is 2.09. The maximum atomic E-state index is 10.9. The topological polar surface area (TPSA) is 84.1 Å². The number of hydrogen-bond acceptors (Lipinski definition) is 5. The highest BCUT2D eigenvalue weighted by molar-refractivity contribution is 5.78. The molecule has 0 aliphatic heterocycles. The van der Waals surface area contributed by atoms with Gasteiger partial charge in [-0.3, -0.25) is 4.79 Å². The summed E-state index contributed by atoms with van der Waals surface area (Å²) >= 11 is 0. The second-order valence-electron chi connectivity index (χ2n) is 4.41. The molecule has 0 saturated heterocycles. The molecule has 0 saturated carbocycles. The van der Waals surface area contributed by atoms with E-state index in [2.05, 4.69) is 29.1 Å². The van der Waals surface area contributed by atoms with Gasteiger partial charge in [-0.25, -0.2) is 9.97 Å². The summed E-state index contributed by atoms with van der Waals surface area (Å²) in [5.74, 6) is 0.149. The molecule has 1 heterocycles. The van der Waals surface area contributed by atoms with Crippen LogP contribution in [0.15, 0.2) is 12.4 Å². The molecule has 0 aliphatic carbocycles. The third-order valence-corrected chi connectivity index (χ3v) is 2.42. The fourth-order valence-electron chi connectivity index (χ4n) is 1.44. The fraction of sp³-hybridized carbons (Fsp3) is 0.583. The summed E-state index contributed by atoms with van der Waals surface area (Å²) in [6, 6.07) is 0.423. The molecule has 6 nitrogen and oxygen atoms in total. The van der Waals surface area contributed by atoms with E-state index in [1.807, 2.05) is 6.92 Å². The maximum absolute atomic E-state index is 10.9. The zero-order valence-electron chi connectivity index (χ0n) is 11.2. The maximum Gasteiger partial charge on any atom is 0.237 e. The molecule has 0 aromatic carbocycles. The van der Waals surface area contributed by atoms with Crippen molar-refractivity contribution in [2.24, 2.45) is 5.73 Å². The Morgan fingerprint density at radius 3 is 2.50 bits per heavy atom. The standard InChI is InChI=1S/C12H21N5O/c1-4-17(8-11(13)18)12-15-6-10(7-16-12)5-14-9(2)3/h6-7,9,14H,4-5,8H2,1-3H3,(H2,13,18). The van der Waals surface area contributed by atoms with Gasteiger partial charge in [-0.1, -0.05) is 13.8 Å². The summed E-state index contributed by atoms with van der Waals surface area (Å²) in [4.78, 5) is 21.1. The first-order valence-electron chi connectivity index (χ1n) is 6.10. The van der Waals surface area contributed by atoms with Gasteiger partial charge in [0.2, 0.25) is 11.9 Å². The van der Waals surface area contributed by atoms with Crippen molar-refractivity contribution >= 4 is 11.9 Å². The first-order chi connectivity index (χ1) is 8.52. The van der Waals surface area contributed by atoms with E-state index in [1.54, 1.807) is 17.3 Å². The first kappa shape index (κ1) is 14.4. The van der Waals surface area contributed by atoms with Crippen LogP contribution in [-0.4, -0.2) is 35.0 Å². The van der Waals surface area contributed by atoms with Gasteiger partial charge < -0.3 is 16.0 Å². The number of nitrogens with zero attached hydrogens (tertiary/aromatic N) is 3. The number of aromatic nitrogens is 2. The summed E-state index contributed by atoms with van der Waals surface area (Å²) < 4.78 is 0. The van der Waals surface area contributed by atoms with Gasteiger partial charge in [0, 0.05) is 37.1 Å². The minimum atomic E-state index is -0.383. The van der Waals surface area contributed by atoms with Crippen LogP contribution >= 0.6 is 0 Å². The summed E-state index contributed by atoms with van der Waals surface area (Å²) in [5.41, 5.74) is 6.19. The predicted octanol–water partition coefficient (Wildman–Crippen LogP) is 0.286. The molecule has 0 bridgehead atoms. The third-order valence-electron chi connectivity index (χ3n) is 2.42. The lowest BCUT2D eigenvalue weighted by Gasteiger charge is -2.18. The van der Waals surface area contributed by atoms with Gasteiger partial charge >= 0.3 is 0 Å². The van der Waals surface area contributed by atoms with Crippen LogP contribution in [0.3, 0.4) is 0 Å². The van der Waals surface area contributed by atoms with Crippen LogP contribution in [0.5, 0.6) is 0 Å². The summed E-state index contributed by atoms with van der Waals surface area (Å²) in [7, 11) is 0. The number of primary amides is 1. The summed E-state index contributed by atoms with van der Waals surface area (Å²) in [6.45, 7) is 7.62. The second kappa shape index (κ2) is 6.90. The van der Waals surface area contributed by atoms with Gasteiger partial charge in [0.1, 0.15) is 0 Å². The van der Waals surface area contributed by atoms with E-state index >= 15 is 0 Å². The number of anilines is 1. The zero-order chi connectivity index (χ0) is 13.5. The molecule has 0 unspecified atom stereocenters. The first-order valence-corrected chi connectivity index (χ1v) is 6.10. The lowest BCUT2D eigenvalue weighted by Crippen LogP contribution is -2.34. The Hall–Kier alpha value is -1.69. The molecule has 6 heteroatoms. The van der Waals surface area contributed by atoms with Crippen LogP contribution in [0.25, 0.3) is 0 Å². The number of likely N-dealkylation sites (N-methyl/N-ethyl adjacent to an activating group) is 1. The molecule has 1 amide bonds. The van der Waals surface area contributed by atoms with Gasteiger partial charge in [0.25, 0.3) is 0 Å². The van der Waals surface area contributed by atoms with E-state index in [9.17, 15) is 4.79 Å². The Bertz CT molecular complexity index is 377. The molecule has 1 aromatic rings. The van der Waals surface area contributed by atoms with Crippen molar-refractivity contribution in [3.05, 3.63) is 18.0 Å². The fourth-order valence-corrected chi connectivity index (χ4v) is 1.44. The van der Waals surface area contributed by atoms with E-state index in [4.69, 9.17) is 5.73 Å². The van der Waals surface area contributed by atoms with E-state index < -0.39 is 0 Å². The molecule has 0 radical (unpaired) electrons. The van der Waals surface area contributed by atoms with Gasteiger partial charge in [-0.05, 0) is 6.92 Å². The molecular weight excluding hydrogens is 230 g/mol. The van der Waals surface area contributed by atoms with Gasteiger partial charge in [0.15, 0.2) is 0 Å². The summed E-state index contributed by atoms with van der Waals surface area (Å²) in [6.07, 6.45) is 3.53. The van der Waals surface area contributed by atoms with Gasteiger partial charge in [-0.2, -0.15) is 0 Å². The van der Waals surface area contributed by atoms with Crippen LogP contribution in [-0.2, 0) is 11.3 Å². The van der Waals surface area contributed by atoms with Crippen LogP contribution in [0, 0.1) is 0 Å². The van der Waals surface area contributed by atoms with Crippen LogP contribution < -0.4 is 16.0 Å². The van der Waals surface area contributed by atoms with E-state index in [0.717, 1.165) is 12.1 Å². The molecule has 0 aliphatic rings. The average Bonchev–Trinajstić information content (AvgIpc) is 2.34. The van der Waals surface area contributed by atoms with Crippen molar-refractivity contribution in [2.45, 2.75) is 33.4 Å². The minimum absolute atomic E-state index is 0.139. The molecule has 0 fully saturated rings. The summed E-state index contributed by atoms with van der Waals surface area (Å²) in [5, 5.41) is 3.29. The van der Waals surface area contributed by atoms with Crippen molar-refractivity contribution in [3.63, 3.8) is 0 Å². The van der Waals surface area contributed by atoms with Crippen molar-refractivity contribution < 1.29 is 4.79 Å². The molecule has 0 spiro atoms. The third kappa shape index (κ3) is 4.67. The molecule has 1 rings (SSSR count).